The molecule has 3 heteroatoms. The molecule has 1 aliphatic heterocycles. The molecule has 0 bridgehead atoms. The second kappa shape index (κ2) is 3.66. The molecule has 1 amide bonds. The van der Waals surface area contributed by atoms with Gasteiger partial charge in [0.15, 0.2) is 0 Å². The maximum absolute atomic E-state index is 11.1. The summed E-state index contributed by atoms with van der Waals surface area (Å²) in [6.45, 7) is 0.687. The molecule has 1 atom stereocenters. The van der Waals surface area contributed by atoms with Crippen molar-refractivity contribution in [3.8, 4) is 12.3 Å². The fourth-order valence-electron chi connectivity index (χ4n) is 1.79. The van der Waals surface area contributed by atoms with E-state index in [1.54, 1.807) is 6.07 Å². The van der Waals surface area contributed by atoms with Gasteiger partial charge in [-0.3, -0.25) is 4.79 Å². The molecule has 1 aliphatic rings. The lowest BCUT2D eigenvalue weighted by Crippen LogP contribution is -2.13. The van der Waals surface area contributed by atoms with Gasteiger partial charge in [0.1, 0.15) is 0 Å². The lowest BCUT2D eigenvalue weighted by molar-refractivity contribution is -0.119. The number of nitrogen functional groups attached to an aromatic ring is 1. The quantitative estimate of drug-likeness (QED) is 0.521. The molecule has 3 N–H and O–H groups in total. The van der Waals surface area contributed by atoms with Crippen molar-refractivity contribution in [3.05, 3.63) is 29.3 Å². The highest BCUT2D eigenvalue weighted by Gasteiger charge is 2.23. The van der Waals surface area contributed by atoms with Gasteiger partial charge in [0, 0.05) is 30.1 Å². The lowest BCUT2D eigenvalue weighted by Gasteiger charge is -2.09. The summed E-state index contributed by atoms with van der Waals surface area (Å²) in [6, 6.07) is 5.62. The number of rotatable bonds is 1. The van der Waals surface area contributed by atoms with Crippen molar-refractivity contribution in [1.29, 1.82) is 0 Å². The molecule has 1 fully saturated rings. The van der Waals surface area contributed by atoms with Gasteiger partial charge in [-0.05, 0) is 17.7 Å². The molecule has 1 saturated heterocycles. The Morgan fingerprint density at radius 3 is 2.93 bits per heavy atom. The summed E-state index contributed by atoms with van der Waals surface area (Å²) in [6.07, 6.45) is 5.87. The van der Waals surface area contributed by atoms with Gasteiger partial charge in [0.2, 0.25) is 5.91 Å². The number of nitrogens with two attached hydrogens (primary N) is 1. The van der Waals surface area contributed by atoms with E-state index in [1.807, 2.05) is 12.1 Å². The normalized spacial score (nSPS) is 19.7. The summed E-state index contributed by atoms with van der Waals surface area (Å²) in [5.74, 6) is 2.86. The Labute approximate surface area is 88.7 Å². The predicted molar refractivity (Wildman–Crippen MR) is 59.2 cm³/mol. The molecule has 0 spiro atoms. The Kier molecular flexibility index (Phi) is 2.34. The van der Waals surface area contributed by atoms with E-state index in [4.69, 9.17) is 12.2 Å². The van der Waals surface area contributed by atoms with E-state index in [2.05, 4.69) is 11.2 Å². The number of hydrogen-bond donors (Lipinski definition) is 2. The minimum Gasteiger partial charge on any atom is -0.398 e. The largest absolute Gasteiger partial charge is 0.398 e. The maximum Gasteiger partial charge on any atom is 0.220 e. The third-order valence-electron chi connectivity index (χ3n) is 2.68. The van der Waals surface area contributed by atoms with Crippen LogP contribution in [-0.4, -0.2) is 12.5 Å². The summed E-state index contributed by atoms with van der Waals surface area (Å²) < 4.78 is 0. The first-order valence-electron chi connectivity index (χ1n) is 4.83. The lowest BCUT2D eigenvalue weighted by atomic mass is 9.96. The summed E-state index contributed by atoms with van der Waals surface area (Å²) in [7, 11) is 0. The number of carbonyl (C=O) groups excluding carboxylic acids is 1. The van der Waals surface area contributed by atoms with Crippen LogP contribution in [0.5, 0.6) is 0 Å². The van der Waals surface area contributed by atoms with Gasteiger partial charge in [0.05, 0.1) is 0 Å². The van der Waals surface area contributed by atoms with Crippen LogP contribution in [0.25, 0.3) is 0 Å². The van der Waals surface area contributed by atoms with Crippen molar-refractivity contribution in [2.24, 2.45) is 0 Å². The van der Waals surface area contributed by atoms with Crippen molar-refractivity contribution < 1.29 is 4.79 Å². The molecule has 1 heterocycles. The molecule has 2 rings (SSSR count). The molecule has 1 aromatic carbocycles. The first kappa shape index (κ1) is 9.60. The Morgan fingerprint density at radius 1 is 1.53 bits per heavy atom. The second-order valence-electron chi connectivity index (χ2n) is 3.70. The van der Waals surface area contributed by atoms with E-state index in [0.29, 0.717) is 24.2 Å². The number of carbonyl (C=O) groups is 1. The minimum atomic E-state index is 0.0964. The predicted octanol–water partition coefficient (Wildman–Crippen LogP) is 0.854. The molecule has 1 aromatic rings. The van der Waals surface area contributed by atoms with Crippen LogP contribution in [0.4, 0.5) is 5.69 Å². The van der Waals surface area contributed by atoms with Crippen LogP contribution in [0.15, 0.2) is 18.2 Å². The molecular weight excluding hydrogens is 188 g/mol. The minimum absolute atomic E-state index is 0.0964. The van der Waals surface area contributed by atoms with Crippen LogP contribution >= 0.6 is 0 Å². The molecule has 0 aliphatic carbocycles. The molecule has 76 valence electrons. The zero-order valence-electron chi connectivity index (χ0n) is 8.29. The maximum atomic E-state index is 11.1. The number of terminal acetylenes is 1. The molecule has 0 unspecified atom stereocenters. The number of nitrogens with one attached hydrogen (secondary N) is 1. The SMILES string of the molecule is C#Cc1cc([C@H]2CNC(=O)C2)ccc1N. The van der Waals surface area contributed by atoms with Crippen LogP contribution in [0.1, 0.15) is 23.5 Å². The number of anilines is 1. The highest BCUT2D eigenvalue weighted by molar-refractivity contribution is 5.79. The molecule has 0 aromatic heterocycles. The summed E-state index contributed by atoms with van der Waals surface area (Å²) >= 11 is 0. The number of benzene rings is 1. The van der Waals surface area contributed by atoms with E-state index >= 15 is 0 Å². The summed E-state index contributed by atoms with van der Waals surface area (Å²) in [4.78, 5) is 11.1. The van der Waals surface area contributed by atoms with Crippen molar-refractivity contribution in [2.75, 3.05) is 12.3 Å². The van der Waals surface area contributed by atoms with E-state index in [-0.39, 0.29) is 11.8 Å². The molecule has 15 heavy (non-hydrogen) atoms. The monoisotopic (exact) mass is 200 g/mol. The van der Waals surface area contributed by atoms with E-state index < -0.39 is 0 Å². The molecule has 0 saturated carbocycles. The number of hydrogen-bond acceptors (Lipinski definition) is 2. The van der Waals surface area contributed by atoms with Gasteiger partial charge in [-0.15, -0.1) is 6.42 Å². The topological polar surface area (TPSA) is 55.1 Å². The second-order valence-corrected chi connectivity index (χ2v) is 3.70. The van der Waals surface area contributed by atoms with Crippen molar-refractivity contribution in [1.82, 2.24) is 5.32 Å². The third-order valence-corrected chi connectivity index (χ3v) is 2.68. The van der Waals surface area contributed by atoms with Gasteiger partial charge < -0.3 is 11.1 Å². The third kappa shape index (κ3) is 1.79. The molecule has 3 nitrogen and oxygen atoms in total. The molecule has 0 radical (unpaired) electrons. The van der Waals surface area contributed by atoms with Crippen LogP contribution in [0, 0.1) is 12.3 Å². The highest BCUT2D eigenvalue weighted by atomic mass is 16.1. The van der Waals surface area contributed by atoms with E-state index in [9.17, 15) is 4.79 Å². The van der Waals surface area contributed by atoms with Crippen molar-refractivity contribution >= 4 is 11.6 Å². The average molecular weight is 200 g/mol. The van der Waals surface area contributed by atoms with E-state index in [0.717, 1.165) is 5.56 Å². The van der Waals surface area contributed by atoms with Crippen molar-refractivity contribution in [2.45, 2.75) is 12.3 Å². The fraction of sp³-hybridized carbons (Fsp3) is 0.250. The van der Waals surface area contributed by atoms with Gasteiger partial charge >= 0.3 is 0 Å². The van der Waals surface area contributed by atoms with E-state index in [1.165, 1.54) is 0 Å². The van der Waals surface area contributed by atoms with Crippen LogP contribution < -0.4 is 11.1 Å². The van der Waals surface area contributed by atoms with Crippen molar-refractivity contribution in [3.63, 3.8) is 0 Å². The zero-order chi connectivity index (χ0) is 10.8. The van der Waals surface area contributed by atoms with Crippen LogP contribution in [0.3, 0.4) is 0 Å². The van der Waals surface area contributed by atoms with Crippen LogP contribution in [0.2, 0.25) is 0 Å². The van der Waals surface area contributed by atoms with Gasteiger partial charge in [-0.25, -0.2) is 0 Å². The zero-order valence-corrected chi connectivity index (χ0v) is 8.29. The van der Waals surface area contributed by atoms with Gasteiger partial charge in [-0.2, -0.15) is 0 Å². The summed E-state index contributed by atoms with van der Waals surface area (Å²) in [5.41, 5.74) is 8.09. The highest BCUT2D eigenvalue weighted by Crippen LogP contribution is 2.25. The molecular formula is C12H12N2O. The van der Waals surface area contributed by atoms with Crippen LogP contribution in [-0.2, 0) is 4.79 Å². The standard InChI is InChI=1S/C12H12N2O/c1-2-8-5-9(3-4-11(8)13)10-6-12(15)14-7-10/h1,3-5,10H,6-7,13H2,(H,14,15)/t10-/m1/s1. The first-order chi connectivity index (χ1) is 7.20. The summed E-state index contributed by atoms with van der Waals surface area (Å²) in [5, 5.41) is 2.80. The Balaban J connectivity index is 2.30. The smallest absolute Gasteiger partial charge is 0.220 e. The van der Waals surface area contributed by atoms with Gasteiger partial charge in [0.25, 0.3) is 0 Å². The Bertz CT molecular complexity index is 445. The van der Waals surface area contributed by atoms with Gasteiger partial charge in [-0.1, -0.05) is 12.0 Å². The number of amides is 1. The fourth-order valence-corrected chi connectivity index (χ4v) is 1.79. The first-order valence-corrected chi connectivity index (χ1v) is 4.83. The Morgan fingerprint density at radius 2 is 2.33 bits per heavy atom. The Hall–Kier alpha value is -1.95. The average Bonchev–Trinajstić information content (AvgIpc) is 2.66.